The molecule has 2 aliphatic rings. The van der Waals surface area contributed by atoms with E-state index >= 15 is 0 Å². The van der Waals surface area contributed by atoms with Crippen LogP contribution < -0.4 is 15.4 Å². The molecule has 2 aromatic rings. The monoisotopic (exact) mass is 443 g/mol. The molecule has 164 valence electrons. The van der Waals surface area contributed by atoms with E-state index in [4.69, 9.17) is 4.74 Å². The van der Waals surface area contributed by atoms with Crippen molar-refractivity contribution < 1.29 is 22.7 Å². The quantitative estimate of drug-likeness (QED) is 0.739. The van der Waals surface area contributed by atoms with Gasteiger partial charge in [-0.1, -0.05) is 0 Å². The highest BCUT2D eigenvalue weighted by atomic mass is 32.2. The standard InChI is InChI=1S/C22H25N3O5S/c1-30-17-9-7-16(8-10-17)23-22(27)20-5-3-13-25(20)31(28,29)18-11-12-19-15(14-18)4-2-6-21(26)24-19/h7-12,14,20H,2-6,13H2,1H3,(H,23,27)(H,24,26). The minimum Gasteiger partial charge on any atom is -0.497 e. The predicted molar refractivity (Wildman–Crippen MR) is 117 cm³/mol. The zero-order valence-electron chi connectivity index (χ0n) is 17.3. The van der Waals surface area contributed by atoms with Crippen LogP contribution in [0.15, 0.2) is 47.4 Å². The Hall–Kier alpha value is -2.91. The van der Waals surface area contributed by atoms with Crippen molar-refractivity contribution in [3.8, 4) is 5.75 Å². The zero-order valence-corrected chi connectivity index (χ0v) is 18.1. The lowest BCUT2D eigenvalue weighted by Crippen LogP contribution is -2.43. The Morgan fingerprint density at radius 2 is 1.90 bits per heavy atom. The van der Waals surface area contributed by atoms with Crippen molar-refractivity contribution in [3.63, 3.8) is 0 Å². The van der Waals surface area contributed by atoms with E-state index in [1.165, 1.54) is 10.4 Å². The maximum atomic E-state index is 13.4. The average molecular weight is 444 g/mol. The van der Waals surface area contributed by atoms with Crippen molar-refractivity contribution in [1.82, 2.24) is 4.31 Å². The van der Waals surface area contributed by atoms with Crippen molar-refractivity contribution >= 4 is 33.2 Å². The number of carbonyl (C=O) groups excluding carboxylic acids is 2. The van der Waals surface area contributed by atoms with Crippen LogP contribution in [0.4, 0.5) is 11.4 Å². The molecule has 0 saturated carbocycles. The summed E-state index contributed by atoms with van der Waals surface area (Å²) in [5.74, 6) is 0.250. The molecule has 2 aromatic carbocycles. The van der Waals surface area contributed by atoms with Crippen molar-refractivity contribution in [3.05, 3.63) is 48.0 Å². The Morgan fingerprint density at radius 1 is 1.13 bits per heavy atom. The smallest absolute Gasteiger partial charge is 0.243 e. The molecule has 9 heteroatoms. The van der Waals surface area contributed by atoms with Crippen LogP contribution in [0.1, 0.15) is 31.2 Å². The molecule has 2 amide bonds. The molecule has 2 N–H and O–H groups in total. The van der Waals surface area contributed by atoms with Gasteiger partial charge in [-0.3, -0.25) is 9.59 Å². The van der Waals surface area contributed by atoms with Crippen LogP contribution >= 0.6 is 0 Å². The second kappa shape index (κ2) is 8.68. The molecule has 0 spiro atoms. The van der Waals surface area contributed by atoms with Gasteiger partial charge in [0.1, 0.15) is 11.8 Å². The summed E-state index contributed by atoms with van der Waals surface area (Å²) in [6, 6.07) is 10.9. The van der Waals surface area contributed by atoms with Gasteiger partial charge in [-0.25, -0.2) is 8.42 Å². The summed E-state index contributed by atoms with van der Waals surface area (Å²) in [4.78, 5) is 24.8. The lowest BCUT2D eigenvalue weighted by Gasteiger charge is -2.24. The summed E-state index contributed by atoms with van der Waals surface area (Å²) in [7, 11) is -2.29. The predicted octanol–water partition coefficient (Wildman–Crippen LogP) is 2.76. The van der Waals surface area contributed by atoms with Gasteiger partial charge in [0.2, 0.25) is 21.8 Å². The molecular formula is C22H25N3O5S. The number of aryl methyl sites for hydroxylation is 1. The summed E-state index contributed by atoms with van der Waals surface area (Å²) in [6.45, 7) is 0.289. The molecule has 0 radical (unpaired) electrons. The fourth-order valence-electron chi connectivity index (χ4n) is 4.04. The lowest BCUT2D eigenvalue weighted by atomic mass is 10.1. The maximum Gasteiger partial charge on any atom is 0.243 e. The summed E-state index contributed by atoms with van der Waals surface area (Å²) in [5, 5.41) is 5.62. The van der Waals surface area contributed by atoms with Gasteiger partial charge in [-0.05, 0) is 73.7 Å². The molecule has 2 heterocycles. The van der Waals surface area contributed by atoms with Gasteiger partial charge in [-0.2, -0.15) is 4.31 Å². The average Bonchev–Trinajstić information content (AvgIpc) is 3.19. The highest BCUT2D eigenvalue weighted by Crippen LogP contribution is 2.31. The van der Waals surface area contributed by atoms with E-state index in [-0.39, 0.29) is 23.3 Å². The number of nitrogens with one attached hydrogen (secondary N) is 2. The SMILES string of the molecule is COc1ccc(NC(=O)C2CCCN2S(=O)(=O)c2ccc3c(c2)CCCC(=O)N3)cc1. The van der Waals surface area contributed by atoms with Crippen LogP contribution in [-0.4, -0.2) is 44.2 Å². The first-order valence-electron chi connectivity index (χ1n) is 10.3. The summed E-state index contributed by atoms with van der Waals surface area (Å²) >= 11 is 0. The fraction of sp³-hybridized carbons (Fsp3) is 0.364. The molecule has 1 unspecified atom stereocenters. The van der Waals surface area contributed by atoms with Gasteiger partial charge in [0.15, 0.2) is 0 Å². The first kappa shape index (κ1) is 21.3. The van der Waals surface area contributed by atoms with E-state index in [1.54, 1.807) is 43.5 Å². The number of nitrogens with zero attached hydrogens (tertiary/aromatic N) is 1. The first-order valence-corrected chi connectivity index (χ1v) is 11.7. The Morgan fingerprint density at radius 3 is 2.65 bits per heavy atom. The number of carbonyl (C=O) groups is 2. The second-order valence-corrected chi connectivity index (χ2v) is 9.60. The van der Waals surface area contributed by atoms with Crippen LogP contribution in [-0.2, 0) is 26.0 Å². The Kier molecular flexibility index (Phi) is 5.97. The van der Waals surface area contributed by atoms with E-state index in [0.29, 0.717) is 49.2 Å². The molecule has 8 nitrogen and oxygen atoms in total. The molecule has 4 rings (SSSR count). The van der Waals surface area contributed by atoms with E-state index < -0.39 is 16.1 Å². The zero-order chi connectivity index (χ0) is 22.0. The van der Waals surface area contributed by atoms with Crippen LogP contribution in [0.25, 0.3) is 0 Å². The molecule has 0 aromatic heterocycles. The van der Waals surface area contributed by atoms with E-state index in [1.807, 2.05) is 0 Å². The number of hydrogen-bond donors (Lipinski definition) is 2. The Labute approximate surface area is 181 Å². The molecule has 1 saturated heterocycles. The van der Waals surface area contributed by atoms with Gasteiger partial charge in [0.05, 0.1) is 12.0 Å². The van der Waals surface area contributed by atoms with Crippen molar-refractivity contribution in [2.24, 2.45) is 0 Å². The number of ether oxygens (including phenoxy) is 1. The molecule has 2 aliphatic heterocycles. The Balaban J connectivity index is 1.55. The number of amides is 2. The molecule has 0 aliphatic carbocycles. The van der Waals surface area contributed by atoms with Crippen LogP contribution in [0, 0.1) is 0 Å². The third-order valence-electron chi connectivity index (χ3n) is 5.67. The van der Waals surface area contributed by atoms with Gasteiger partial charge >= 0.3 is 0 Å². The summed E-state index contributed by atoms with van der Waals surface area (Å²) in [5.41, 5.74) is 2.03. The highest BCUT2D eigenvalue weighted by molar-refractivity contribution is 7.89. The number of anilines is 2. The van der Waals surface area contributed by atoms with E-state index in [9.17, 15) is 18.0 Å². The fourth-order valence-corrected chi connectivity index (χ4v) is 5.74. The van der Waals surface area contributed by atoms with Crippen LogP contribution in [0.2, 0.25) is 0 Å². The molecular weight excluding hydrogens is 418 g/mol. The largest absolute Gasteiger partial charge is 0.497 e. The molecule has 1 fully saturated rings. The van der Waals surface area contributed by atoms with Crippen molar-refractivity contribution in [1.29, 1.82) is 0 Å². The second-order valence-electron chi connectivity index (χ2n) is 7.71. The van der Waals surface area contributed by atoms with E-state index in [2.05, 4.69) is 10.6 Å². The first-order chi connectivity index (χ1) is 14.9. The third-order valence-corrected chi connectivity index (χ3v) is 7.58. The van der Waals surface area contributed by atoms with Crippen LogP contribution in [0.5, 0.6) is 5.75 Å². The topological polar surface area (TPSA) is 105 Å². The van der Waals surface area contributed by atoms with Gasteiger partial charge in [0, 0.05) is 24.3 Å². The molecule has 31 heavy (non-hydrogen) atoms. The number of fused-ring (bicyclic) bond motifs is 1. The van der Waals surface area contributed by atoms with Gasteiger partial charge < -0.3 is 15.4 Å². The van der Waals surface area contributed by atoms with E-state index in [0.717, 1.165) is 5.56 Å². The minimum atomic E-state index is -3.85. The maximum absolute atomic E-state index is 13.4. The molecule has 1 atom stereocenters. The lowest BCUT2D eigenvalue weighted by molar-refractivity contribution is -0.119. The van der Waals surface area contributed by atoms with Crippen molar-refractivity contribution in [2.45, 2.75) is 43.0 Å². The third kappa shape index (κ3) is 4.42. The number of rotatable bonds is 5. The summed E-state index contributed by atoms with van der Waals surface area (Å²) in [6.07, 6.45) is 2.78. The number of benzene rings is 2. The molecule has 0 bridgehead atoms. The van der Waals surface area contributed by atoms with Crippen LogP contribution in [0.3, 0.4) is 0 Å². The minimum absolute atomic E-state index is 0.0656. The number of hydrogen-bond acceptors (Lipinski definition) is 5. The van der Waals surface area contributed by atoms with Gasteiger partial charge in [-0.15, -0.1) is 0 Å². The van der Waals surface area contributed by atoms with Crippen molar-refractivity contribution in [2.75, 3.05) is 24.3 Å². The number of sulfonamides is 1. The Bertz CT molecular complexity index is 1100. The van der Waals surface area contributed by atoms with Gasteiger partial charge in [0.25, 0.3) is 0 Å². The summed E-state index contributed by atoms with van der Waals surface area (Å²) < 4.78 is 33.1. The number of methoxy groups -OCH3 is 1. The highest BCUT2D eigenvalue weighted by Gasteiger charge is 2.39. The normalized spacial score (nSPS) is 19.3.